The number of nitrogens with one attached hydrogen (secondary N) is 1. The Hall–Kier alpha value is -1.85. The highest BCUT2D eigenvalue weighted by Gasteiger charge is 2.25. The molecular formula is C18H26N4O. The first-order valence-corrected chi connectivity index (χ1v) is 8.30. The summed E-state index contributed by atoms with van der Waals surface area (Å²) in [7, 11) is 1.70. The first-order chi connectivity index (χ1) is 11.2. The predicted molar refractivity (Wildman–Crippen MR) is 91.6 cm³/mol. The van der Waals surface area contributed by atoms with Crippen molar-refractivity contribution < 1.29 is 4.74 Å². The van der Waals surface area contributed by atoms with Crippen molar-refractivity contribution in [3.05, 3.63) is 47.8 Å². The molecular weight excluding hydrogens is 288 g/mol. The molecule has 1 unspecified atom stereocenters. The second-order valence-corrected chi connectivity index (χ2v) is 6.32. The van der Waals surface area contributed by atoms with Gasteiger partial charge in [-0.15, -0.1) is 0 Å². The van der Waals surface area contributed by atoms with E-state index >= 15 is 0 Å². The van der Waals surface area contributed by atoms with Crippen LogP contribution in [0.2, 0.25) is 0 Å². The normalized spacial score (nSPS) is 19.2. The molecule has 23 heavy (non-hydrogen) atoms. The Bertz CT molecular complexity index is 620. The van der Waals surface area contributed by atoms with Crippen LogP contribution in [0.15, 0.2) is 36.5 Å². The van der Waals surface area contributed by atoms with Gasteiger partial charge in [-0.3, -0.25) is 9.58 Å². The van der Waals surface area contributed by atoms with Gasteiger partial charge in [-0.25, -0.2) is 0 Å². The van der Waals surface area contributed by atoms with Gasteiger partial charge in [0.2, 0.25) is 0 Å². The summed E-state index contributed by atoms with van der Waals surface area (Å²) in [5.41, 5.74) is 2.61. The topological polar surface area (TPSA) is 42.3 Å². The van der Waals surface area contributed by atoms with Crippen LogP contribution in [0.4, 0.5) is 0 Å². The molecule has 5 nitrogen and oxygen atoms in total. The summed E-state index contributed by atoms with van der Waals surface area (Å²) < 4.78 is 7.39. The summed E-state index contributed by atoms with van der Waals surface area (Å²) >= 11 is 0. The Labute approximate surface area is 138 Å². The lowest BCUT2D eigenvalue weighted by Crippen LogP contribution is -2.45. The van der Waals surface area contributed by atoms with Crippen molar-refractivity contribution in [1.29, 1.82) is 0 Å². The number of hydrogen-bond acceptors (Lipinski definition) is 4. The number of ether oxygens (including phenoxy) is 1. The van der Waals surface area contributed by atoms with Crippen LogP contribution in [0, 0.1) is 0 Å². The Balaban J connectivity index is 1.79. The first kappa shape index (κ1) is 16.0. The van der Waals surface area contributed by atoms with Gasteiger partial charge >= 0.3 is 0 Å². The van der Waals surface area contributed by atoms with Gasteiger partial charge in [0, 0.05) is 44.5 Å². The third-order valence-electron chi connectivity index (χ3n) is 4.46. The third kappa shape index (κ3) is 3.57. The summed E-state index contributed by atoms with van der Waals surface area (Å²) in [6, 6.07) is 11.3. The zero-order valence-electron chi connectivity index (χ0n) is 14.2. The van der Waals surface area contributed by atoms with Gasteiger partial charge in [-0.05, 0) is 37.6 Å². The maximum atomic E-state index is 5.27. The highest BCUT2D eigenvalue weighted by Crippen LogP contribution is 2.26. The molecule has 1 N–H and O–H groups in total. The molecule has 5 heteroatoms. The fraction of sp³-hybridized carbons (Fsp3) is 0.500. The Morgan fingerprint density at radius 3 is 2.74 bits per heavy atom. The zero-order valence-corrected chi connectivity index (χ0v) is 14.2. The minimum absolute atomic E-state index is 0.380. The van der Waals surface area contributed by atoms with Gasteiger partial charge in [0.05, 0.1) is 12.8 Å². The van der Waals surface area contributed by atoms with Crippen molar-refractivity contribution in [3.8, 4) is 5.75 Å². The molecule has 1 saturated heterocycles. The van der Waals surface area contributed by atoms with Crippen LogP contribution in [0.1, 0.15) is 37.2 Å². The Morgan fingerprint density at radius 2 is 2.04 bits per heavy atom. The van der Waals surface area contributed by atoms with Gasteiger partial charge in [0.15, 0.2) is 0 Å². The van der Waals surface area contributed by atoms with Gasteiger partial charge in [0.25, 0.3) is 0 Å². The molecule has 0 aliphatic carbocycles. The molecule has 1 fully saturated rings. The molecule has 0 bridgehead atoms. The Morgan fingerprint density at radius 1 is 1.26 bits per heavy atom. The molecule has 1 aliphatic rings. The van der Waals surface area contributed by atoms with Gasteiger partial charge in [-0.2, -0.15) is 5.10 Å². The SMILES string of the molecule is COc1ccc(C2CNCCN2Cc2ccnn2C(C)C)cc1. The number of methoxy groups -OCH3 is 1. The summed E-state index contributed by atoms with van der Waals surface area (Å²) in [6.07, 6.45) is 1.90. The molecule has 1 atom stereocenters. The van der Waals surface area contributed by atoms with Crippen molar-refractivity contribution in [2.24, 2.45) is 0 Å². The molecule has 1 aromatic carbocycles. The number of hydrogen-bond donors (Lipinski definition) is 1. The fourth-order valence-electron chi connectivity index (χ4n) is 3.23. The standard InChI is InChI=1S/C18H26N4O/c1-14(2)22-16(8-9-20-22)13-21-11-10-19-12-18(21)15-4-6-17(23-3)7-5-15/h4-9,14,18-19H,10-13H2,1-3H3. The van der Waals surface area contributed by atoms with Crippen LogP contribution < -0.4 is 10.1 Å². The lowest BCUT2D eigenvalue weighted by atomic mass is 10.0. The maximum Gasteiger partial charge on any atom is 0.118 e. The number of aromatic nitrogens is 2. The number of benzene rings is 1. The minimum atomic E-state index is 0.380. The van der Waals surface area contributed by atoms with Crippen LogP contribution >= 0.6 is 0 Å². The second kappa shape index (κ2) is 7.15. The molecule has 0 radical (unpaired) electrons. The maximum absolute atomic E-state index is 5.27. The van der Waals surface area contributed by atoms with E-state index in [-0.39, 0.29) is 0 Å². The molecule has 2 heterocycles. The largest absolute Gasteiger partial charge is 0.497 e. The third-order valence-corrected chi connectivity index (χ3v) is 4.46. The lowest BCUT2D eigenvalue weighted by Gasteiger charge is -2.36. The molecule has 3 rings (SSSR count). The monoisotopic (exact) mass is 314 g/mol. The molecule has 0 amide bonds. The lowest BCUT2D eigenvalue weighted by molar-refractivity contribution is 0.148. The van der Waals surface area contributed by atoms with Crippen molar-refractivity contribution in [1.82, 2.24) is 20.0 Å². The van der Waals surface area contributed by atoms with E-state index in [4.69, 9.17) is 4.74 Å². The summed E-state index contributed by atoms with van der Waals surface area (Å²) in [5.74, 6) is 0.905. The van der Waals surface area contributed by atoms with Crippen LogP contribution in [0.3, 0.4) is 0 Å². The quantitative estimate of drug-likeness (QED) is 0.921. The summed E-state index contributed by atoms with van der Waals surface area (Å²) in [4.78, 5) is 2.54. The van der Waals surface area contributed by atoms with E-state index < -0.39 is 0 Å². The Kier molecular flexibility index (Phi) is 4.98. The van der Waals surface area contributed by atoms with E-state index in [9.17, 15) is 0 Å². The van der Waals surface area contributed by atoms with Gasteiger partial charge in [0.1, 0.15) is 5.75 Å². The van der Waals surface area contributed by atoms with Gasteiger partial charge < -0.3 is 10.1 Å². The minimum Gasteiger partial charge on any atom is -0.497 e. The van der Waals surface area contributed by atoms with Crippen molar-refractivity contribution in [2.75, 3.05) is 26.7 Å². The number of nitrogens with zero attached hydrogens (tertiary/aromatic N) is 3. The summed E-state index contributed by atoms with van der Waals surface area (Å²) in [5, 5.41) is 7.97. The van der Waals surface area contributed by atoms with E-state index in [0.717, 1.165) is 31.9 Å². The van der Waals surface area contributed by atoms with E-state index in [1.807, 2.05) is 18.3 Å². The first-order valence-electron chi connectivity index (χ1n) is 8.30. The molecule has 1 aliphatic heterocycles. The fourth-order valence-corrected chi connectivity index (χ4v) is 3.23. The average molecular weight is 314 g/mol. The smallest absolute Gasteiger partial charge is 0.118 e. The zero-order chi connectivity index (χ0) is 16.2. The van der Waals surface area contributed by atoms with E-state index in [2.05, 4.69) is 52.0 Å². The molecule has 0 spiro atoms. The molecule has 0 saturated carbocycles. The predicted octanol–water partition coefficient (Wildman–Crippen LogP) is 2.62. The molecule has 1 aromatic heterocycles. The van der Waals surface area contributed by atoms with Crippen molar-refractivity contribution in [2.45, 2.75) is 32.5 Å². The molecule has 2 aromatic rings. The number of piperazine rings is 1. The van der Waals surface area contributed by atoms with Crippen molar-refractivity contribution >= 4 is 0 Å². The van der Waals surface area contributed by atoms with E-state index in [0.29, 0.717) is 12.1 Å². The van der Waals surface area contributed by atoms with E-state index in [1.165, 1.54) is 11.3 Å². The highest BCUT2D eigenvalue weighted by molar-refractivity contribution is 5.29. The molecule has 124 valence electrons. The number of rotatable bonds is 5. The van der Waals surface area contributed by atoms with Crippen LogP contribution in [0.5, 0.6) is 5.75 Å². The van der Waals surface area contributed by atoms with Crippen molar-refractivity contribution in [3.63, 3.8) is 0 Å². The van der Waals surface area contributed by atoms with Crippen LogP contribution in [0.25, 0.3) is 0 Å². The highest BCUT2D eigenvalue weighted by atomic mass is 16.5. The van der Waals surface area contributed by atoms with Crippen LogP contribution in [-0.2, 0) is 6.54 Å². The summed E-state index contributed by atoms with van der Waals surface area (Å²) in [6.45, 7) is 8.32. The average Bonchev–Trinajstić information content (AvgIpc) is 3.04. The van der Waals surface area contributed by atoms with Crippen LogP contribution in [-0.4, -0.2) is 41.4 Å². The van der Waals surface area contributed by atoms with E-state index in [1.54, 1.807) is 7.11 Å². The van der Waals surface area contributed by atoms with Gasteiger partial charge in [-0.1, -0.05) is 12.1 Å². The second-order valence-electron chi connectivity index (χ2n) is 6.32.